The molecule has 3 aliphatic heterocycles. The average Bonchev–Trinajstić information content (AvgIpc) is 0.780. The lowest BCUT2D eigenvalue weighted by molar-refractivity contribution is -0.379. The van der Waals surface area contributed by atoms with E-state index < -0.39 is 124 Å². The van der Waals surface area contributed by atoms with Gasteiger partial charge in [-0.1, -0.05) is 359 Å². The number of allylic oxidation sites excluding steroid dienone is 6. The van der Waals surface area contributed by atoms with E-state index in [4.69, 9.17) is 28.4 Å². The third-order valence-corrected chi connectivity index (χ3v) is 22.2. The highest BCUT2D eigenvalue weighted by Crippen LogP contribution is 2.34. The second-order valence-corrected chi connectivity index (χ2v) is 31.7. The molecule has 19 nitrogen and oxygen atoms in total. The summed E-state index contributed by atoms with van der Waals surface area (Å²) >= 11 is 0. The molecule has 3 aliphatic rings. The van der Waals surface area contributed by atoms with E-state index in [0.29, 0.717) is 12.8 Å². The number of ether oxygens (including phenoxy) is 6. The summed E-state index contributed by atoms with van der Waals surface area (Å²) in [6.07, 6.45) is 58.1. The number of carbonyl (C=O) groups excluding carboxylic acids is 1. The monoisotopic (exact) mass is 1510 g/mol. The van der Waals surface area contributed by atoms with Gasteiger partial charge < -0.3 is 89.9 Å². The minimum Gasteiger partial charge on any atom is -0.394 e. The first kappa shape index (κ1) is 98.2. The Balaban J connectivity index is 1.33. The normalized spacial score (nSPS) is 25.8. The van der Waals surface area contributed by atoms with Crippen molar-refractivity contribution in [2.75, 3.05) is 26.4 Å². The summed E-state index contributed by atoms with van der Waals surface area (Å²) in [6.45, 7) is 1.85. The van der Waals surface area contributed by atoms with Crippen LogP contribution >= 0.6 is 0 Å². The molecule has 0 aromatic heterocycles. The van der Waals surface area contributed by atoms with Gasteiger partial charge >= 0.3 is 0 Å². The van der Waals surface area contributed by atoms with Crippen LogP contribution in [0.3, 0.4) is 0 Å². The van der Waals surface area contributed by atoms with Crippen LogP contribution in [0.5, 0.6) is 0 Å². The van der Waals surface area contributed by atoms with Gasteiger partial charge in [-0.05, 0) is 51.4 Å². The van der Waals surface area contributed by atoms with Crippen LogP contribution in [0.1, 0.15) is 380 Å². The highest BCUT2D eigenvalue weighted by molar-refractivity contribution is 5.76. The molecule has 3 heterocycles. The Morgan fingerprint density at radius 2 is 0.623 bits per heavy atom. The zero-order chi connectivity index (χ0) is 76.7. The average molecular weight is 1510 g/mol. The molecule has 3 fully saturated rings. The van der Waals surface area contributed by atoms with Crippen molar-refractivity contribution in [2.45, 2.75) is 484 Å². The highest BCUT2D eigenvalue weighted by atomic mass is 16.8. The van der Waals surface area contributed by atoms with Gasteiger partial charge in [0.15, 0.2) is 18.9 Å². The number of hydrogen-bond donors (Lipinski definition) is 12. The minimum atomic E-state index is -1.97. The van der Waals surface area contributed by atoms with Crippen molar-refractivity contribution in [1.82, 2.24) is 5.32 Å². The SMILES string of the molecule is CCCCCCC/C=C\C/C=C\C/C=C\CCCCCCCCCCCCCCCCCCC(=O)NC(COC1OC(CO)C(OC2OC(CO)C(OC3OC(CO)C(O)C(O)C3O)C(O)C2O)C(O)C1O)C(O)CCCCCCCCCCCCCCCCCCCCCCCCCCCCCCCC. The molecule has 0 aromatic carbocycles. The van der Waals surface area contributed by atoms with Gasteiger partial charge in [0, 0.05) is 6.42 Å². The number of hydrogen-bond acceptors (Lipinski definition) is 18. The molecule has 0 bridgehead atoms. The lowest BCUT2D eigenvalue weighted by atomic mass is 9.96. The van der Waals surface area contributed by atoms with Gasteiger partial charge in [0.05, 0.1) is 38.6 Å². The molecule has 3 rings (SSSR count). The van der Waals surface area contributed by atoms with E-state index in [0.717, 1.165) is 57.8 Å². The van der Waals surface area contributed by atoms with Gasteiger partial charge in [-0.25, -0.2) is 0 Å². The van der Waals surface area contributed by atoms with Gasteiger partial charge in [-0.3, -0.25) is 4.79 Å². The third kappa shape index (κ3) is 46.3. The van der Waals surface area contributed by atoms with Crippen LogP contribution in [0.25, 0.3) is 0 Å². The summed E-state index contributed by atoms with van der Waals surface area (Å²) in [7, 11) is 0. The van der Waals surface area contributed by atoms with Crippen molar-refractivity contribution in [1.29, 1.82) is 0 Å². The number of unbranched alkanes of at least 4 members (excludes halogenated alkanes) is 50. The van der Waals surface area contributed by atoms with E-state index in [1.165, 1.54) is 289 Å². The second-order valence-electron chi connectivity index (χ2n) is 31.7. The first-order valence-electron chi connectivity index (χ1n) is 44.2. The molecule has 624 valence electrons. The van der Waals surface area contributed by atoms with Crippen molar-refractivity contribution in [3.8, 4) is 0 Å². The van der Waals surface area contributed by atoms with Gasteiger partial charge in [0.25, 0.3) is 0 Å². The van der Waals surface area contributed by atoms with Crippen molar-refractivity contribution in [3.63, 3.8) is 0 Å². The fourth-order valence-corrected chi connectivity index (χ4v) is 15.2. The van der Waals surface area contributed by atoms with E-state index in [2.05, 4.69) is 55.6 Å². The molecule has 12 N–H and O–H groups in total. The number of aliphatic hydroxyl groups excluding tert-OH is 11. The topological polar surface area (TPSA) is 307 Å². The molecule has 0 aromatic rings. The smallest absolute Gasteiger partial charge is 0.220 e. The molecule has 106 heavy (non-hydrogen) atoms. The zero-order valence-corrected chi connectivity index (χ0v) is 67.2. The Hall–Kier alpha value is -1.99. The first-order valence-corrected chi connectivity index (χ1v) is 44.2. The van der Waals surface area contributed by atoms with Crippen molar-refractivity contribution >= 4 is 5.91 Å². The molecule has 19 heteroatoms. The third-order valence-electron chi connectivity index (χ3n) is 22.2. The lowest BCUT2D eigenvalue weighted by Gasteiger charge is -2.48. The molecule has 3 saturated heterocycles. The summed E-state index contributed by atoms with van der Waals surface area (Å²) in [5, 5.41) is 121. The summed E-state index contributed by atoms with van der Waals surface area (Å²) in [5.41, 5.74) is 0. The number of aliphatic hydroxyl groups is 11. The van der Waals surface area contributed by atoms with E-state index in [-0.39, 0.29) is 18.9 Å². The largest absolute Gasteiger partial charge is 0.394 e. The summed E-state index contributed by atoms with van der Waals surface area (Å²) in [4.78, 5) is 13.5. The Bertz CT molecular complexity index is 2050. The zero-order valence-electron chi connectivity index (χ0n) is 67.2. The van der Waals surface area contributed by atoms with Crippen LogP contribution in [0.15, 0.2) is 36.5 Å². The Morgan fingerprint density at radius 1 is 0.340 bits per heavy atom. The van der Waals surface area contributed by atoms with Gasteiger partial charge in [0.2, 0.25) is 5.91 Å². The van der Waals surface area contributed by atoms with Crippen LogP contribution in [-0.4, -0.2) is 193 Å². The molecule has 0 aliphatic carbocycles. The van der Waals surface area contributed by atoms with E-state index in [1.807, 2.05) is 0 Å². The number of nitrogens with one attached hydrogen (secondary N) is 1. The van der Waals surface area contributed by atoms with Crippen LogP contribution in [0.4, 0.5) is 0 Å². The maximum atomic E-state index is 13.5. The standard InChI is InChI=1S/C87H163NO18/c1-3-5-7-9-11-13-15-17-19-21-23-25-27-29-31-33-35-37-39-41-43-45-47-49-51-53-55-57-59-61-63-65-75(93)88-70(71(92)64-62-60-58-56-54-52-50-48-46-44-42-40-38-36-34-32-30-28-26-24-22-20-18-16-14-12-10-8-6-4-2)69-101-85-81(99)78(96)83(73(67-90)103-85)106-87-82(100)79(97)84(74(68-91)104-87)105-86-80(98)77(95)76(94)72(66-89)102-86/h15,17,21,23,27,29,70-74,76-87,89-92,94-100H,3-14,16,18-20,22,24-26,28,30-69H2,1-2H3,(H,88,93)/b17-15-,23-21-,29-27-. The predicted octanol–water partition coefficient (Wildman–Crippen LogP) is 16.2. The molecule has 0 spiro atoms. The molecule has 17 unspecified atom stereocenters. The van der Waals surface area contributed by atoms with Crippen LogP contribution in [-0.2, 0) is 33.2 Å². The van der Waals surface area contributed by atoms with E-state index in [1.54, 1.807) is 0 Å². The van der Waals surface area contributed by atoms with E-state index >= 15 is 0 Å². The first-order chi connectivity index (χ1) is 51.8. The van der Waals surface area contributed by atoms with Crippen molar-refractivity contribution in [3.05, 3.63) is 36.5 Å². The highest BCUT2D eigenvalue weighted by Gasteiger charge is 2.54. The fraction of sp³-hybridized carbons (Fsp3) is 0.920. The number of rotatable bonds is 72. The van der Waals surface area contributed by atoms with Gasteiger partial charge in [-0.2, -0.15) is 0 Å². The van der Waals surface area contributed by atoms with Gasteiger partial charge in [-0.15, -0.1) is 0 Å². The van der Waals surface area contributed by atoms with Crippen LogP contribution < -0.4 is 5.32 Å². The maximum Gasteiger partial charge on any atom is 0.220 e. The predicted molar refractivity (Wildman–Crippen MR) is 425 cm³/mol. The Labute approximate surface area is 644 Å². The van der Waals surface area contributed by atoms with Crippen LogP contribution in [0.2, 0.25) is 0 Å². The van der Waals surface area contributed by atoms with Crippen LogP contribution in [0, 0.1) is 0 Å². The van der Waals surface area contributed by atoms with Crippen molar-refractivity contribution < 1.29 is 89.4 Å². The lowest BCUT2D eigenvalue weighted by Crippen LogP contribution is -2.66. The Kier molecular flexibility index (Phi) is 62.5. The summed E-state index contributed by atoms with van der Waals surface area (Å²) in [6, 6.07) is -0.889. The molecule has 1 amide bonds. The molecular formula is C87H163NO18. The Morgan fingerprint density at radius 3 is 0.972 bits per heavy atom. The maximum absolute atomic E-state index is 13.5. The summed E-state index contributed by atoms with van der Waals surface area (Å²) in [5.74, 6) is -0.236. The second kappa shape index (κ2) is 67.5. The molecule has 0 saturated carbocycles. The number of amides is 1. The number of carbonyl (C=O) groups is 1. The minimum absolute atomic E-state index is 0.236. The fourth-order valence-electron chi connectivity index (χ4n) is 15.2. The molecule has 0 radical (unpaired) electrons. The van der Waals surface area contributed by atoms with E-state index in [9.17, 15) is 61.0 Å². The van der Waals surface area contributed by atoms with Crippen molar-refractivity contribution in [2.24, 2.45) is 0 Å². The summed E-state index contributed by atoms with van der Waals surface area (Å²) < 4.78 is 34.6. The quantitative estimate of drug-likeness (QED) is 0.0199. The molecular weight excluding hydrogens is 1350 g/mol. The van der Waals surface area contributed by atoms with Gasteiger partial charge in [0.1, 0.15) is 73.2 Å². The molecule has 17 atom stereocenters.